The molecule has 0 spiro atoms. The number of likely N-dealkylation sites (tertiary alicyclic amines) is 1. The Bertz CT molecular complexity index is 562. The third-order valence-electron chi connectivity index (χ3n) is 4.52. The number of hydrogen-bond acceptors (Lipinski definition) is 2. The maximum Gasteiger partial charge on any atom is 0.254 e. The van der Waals surface area contributed by atoms with E-state index >= 15 is 0 Å². The van der Waals surface area contributed by atoms with Gasteiger partial charge in [0.25, 0.3) is 5.91 Å². The summed E-state index contributed by atoms with van der Waals surface area (Å²) < 4.78 is 54.9. The molecule has 1 unspecified atom stereocenters. The van der Waals surface area contributed by atoms with Crippen molar-refractivity contribution >= 4 is 5.91 Å². The minimum Gasteiger partial charge on any atom is -0.389 e. The zero-order chi connectivity index (χ0) is 16.7. The summed E-state index contributed by atoms with van der Waals surface area (Å²) in [4.78, 5) is 13.5. The summed E-state index contributed by atoms with van der Waals surface area (Å²) in [6.07, 6.45) is -9.58. The predicted octanol–water partition coefficient (Wildman–Crippen LogP) is 2.34. The van der Waals surface area contributed by atoms with Crippen LogP contribution in [0.5, 0.6) is 0 Å². The van der Waals surface area contributed by atoms with Crippen molar-refractivity contribution in [1.82, 2.24) is 4.90 Å². The molecule has 5 atom stereocenters. The van der Waals surface area contributed by atoms with Gasteiger partial charge in [-0.25, -0.2) is 17.6 Å². The Hall–Kier alpha value is -1.63. The van der Waals surface area contributed by atoms with Gasteiger partial charge in [-0.2, -0.15) is 0 Å². The Kier molecular flexibility index (Phi) is 4.31. The second-order valence-corrected chi connectivity index (χ2v) is 6.17. The van der Waals surface area contributed by atoms with E-state index in [0.29, 0.717) is 5.56 Å². The van der Waals surface area contributed by atoms with Crippen LogP contribution < -0.4 is 0 Å². The maximum atomic E-state index is 14.0. The second-order valence-electron chi connectivity index (χ2n) is 6.17. The molecule has 7 heteroatoms. The second kappa shape index (κ2) is 6.11. The molecule has 126 valence electrons. The van der Waals surface area contributed by atoms with Crippen LogP contribution in [-0.2, 0) is 0 Å². The first-order valence-electron chi connectivity index (χ1n) is 7.52. The SMILES string of the molecule is O=C(c1ccc(C2[C@@H](F)[C@@H](F)C[C@@H](F)[C@H]2F)cc1)N1CC(O)C1. The van der Waals surface area contributed by atoms with Gasteiger partial charge in [0.05, 0.1) is 12.0 Å². The Morgan fingerprint density at radius 2 is 1.52 bits per heavy atom. The minimum atomic E-state index is -2.11. The zero-order valence-corrected chi connectivity index (χ0v) is 12.2. The van der Waals surface area contributed by atoms with E-state index < -0.39 is 43.1 Å². The van der Waals surface area contributed by atoms with E-state index in [2.05, 4.69) is 0 Å². The molecule has 0 bridgehead atoms. The lowest BCUT2D eigenvalue weighted by atomic mass is 9.79. The number of benzene rings is 1. The van der Waals surface area contributed by atoms with Crippen molar-refractivity contribution in [3.8, 4) is 0 Å². The highest BCUT2D eigenvalue weighted by Gasteiger charge is 2.47. The van der Waals surface area contributed by atoms with Crippen LogP contribution in [0.1, 0.15) is 28.3 Å². The van der Waals surface area contributed by atoms with Crippen LogP contribution in [0.25, 0.3) is 0 Å². The average Bonchev–Trinajstić information content (AvgIpc) is 2.50. The largest absolute Gasteiger partial charge is 0.389 e. The van der Waals surface area contributed by atoms with Gasteiger partial charge >= 0.3 is 0 Å². The molecule has 0 aromatic heterocycles. The number of rotatable bonds is 2. The maximum absolute atomic E-state index is 14.0. The summed E-state index contributed by atoms with van der Waals surface area (Å²) in [6, 6.07) is 5.43. The van der Waals surface area contributed by atoms with Gasteiger partial charge in [0.15, 0.2) is 0 Å². The average molecular weight is 331 g/mol. The van der Waals surface area contributed by atoms with Gasteiger partial charge in [0.1, 0.15) is 24.7 Å². The summed E-state index contributed by atoms with van der Waals surface area (Å²) in [5.41, 5.74) is 0.436. The number of carbonyl (C=O) groups is 1. The van der Waals surface area contributed by atoms with E-state index in [9.17, 15) is 27.5 Å². The molecular weight excluding hydrogens is 314 g/mol. The molecule has 1 aliphatic carbocycles. The van der Waals surface area contributed by atoms with Gasteiger partial charge in [0, 0.05) is 25.1 Å². The molecule has 1 saturated heterocycles. The van der Waals surface area contributed by atoms with E-state index in [-0.39, 0.29) is 24.6 Å². The number of carbonyl (C=O) groups excluding carboxylic acids is 1. The summed E-state index contributed by atoms with van der Waals surface area (Å²) in [5, 5.41) is 9.19. The van der Waals surface area contributed by atoms with E-state index in [1.807, 2.05) is 0 Å². The molecule has 1 amide bonds. The number of alkyl halides is 4. The lowest BCUT2D eigenvalue weighted by molar-refractivity contribution is -0.00573. The molecule has 2 fully saturated rings. The number of aliphatic hydroxyl groups is 1. The van der Waals surface area contributed by atoms with Crippen LogP contribution in [0, 0.1) is 0 Å². The van der Waals surface area contributed by atoms with Crippen molar-refractivity contribution in [2.75, 3.05) is 13.1 Å². The number of amides is 1. The van der Waals surface area contributed by atoms with Gasteiger partial charge < -0.3 is 10.0 Å². The summed E-state index contributed by atoms with van der Waals surface area (Å²) in [7, 11) is 0. The fourth-order valence-corrected chi connectivity index (χ4v) is 3.12. The molecular formula is C16H17F4NO2. The first-order chi connectivity index (χ1) is 10.9. The Labute approximate surface area is 130 Å². The van der Waals surface area contributed by atoms with Gasteiger partial charge in [-0.05, 0) is 17.7 Å². The highest BCUT2D eigenvalue weighted by atomic mass is 19.2. The van der Waals surface area contributed by atoms with Crippen LogP contribution in [0.15, 0.2) is 24.3 Å². The first kappa shape index (κ1) is 16.2. The van der Waals surface area contributed by atoms with E-state index in [1.54, 1.807) is 0 Å². The number of hydrogen-bond donors (Lipinski definition) is 1. The Balaban J connectivity index is 1.77. The van der Waals surface area contributed by atoms with Gasteiger partial charge in [-0.15, -0.1) is 0 Å². The molecule has 1 aromatic carbocycles. The molecule has 1 N–H and O–H groups in total. The third kappa shape index (κ3) is 2.94. The zero-order valence-electron chi connectivity index (χ0n) is 12.2. The van der Waals surface area contributed by atoms with E-state index in [4.69, 9.17) is 0 Å². The van der Waals surface area contributed by atoms with E-state index in [0.717, 1.165) is 0 Å². The topological polar surface area (TPSA) is 40.5 Å². The summed E-state index contributed by atoms with van der Waals surface area (Å²) in [5.74, 6) is -1.81. The van der Waals surface area contributed by atoms with Crippen LogP contribution in [0.2, 0.25) is 0 Å². The predicted molar refractivity (Wildman–Crippen MR) is 75.3 cm³/mol. The molecule has 3 rings (SSSR count). The lowest BCUT2D eigenvalue weighted by Gasteiger charge is -2.36. The molecule has 2 aliphatic rings. The van der Waals surface area contributed by atoms with Gasteiger partial charge in [-0.1, -0.05) is 12.1 Å². The van der Waals surface area contributed by atoms with Crippen LogP contribution in [0.4, 0.5) is 17.6 Å². The smallest absolute Gasteiger partial charge is 0.254 e. The molecule has 1 saturated carbocycles. The molecule has 23 heavy (non-hydrogen) atoms. The molecule has 1 aliphatic heterocycles. The lowest BCUT2D eigenvalue weighted by Crippen LogP contribution is -2.53. The van der Waals surface area contributed by atoms with Crippen molar-refractivity contribution in [1.29, 1.82) is 0 Å². The fraction of sp³-hybridized carbons (Fsp3) is 0.562. The standard InChI is InChI=1S/C16H17F4NO2/c17-11-5-12(18)15(20)13(14(11)19)8-1-3-9(4-2-8)16(23)21-6-10(22)7-21/h1-4,10-15,22H,5-7H2/t11-,12+,13?,14-,15+. The quantitative estimate of drug-likeness (QED) is 0.845. The number of β-amino-alcohol motifs (C(OH)–C–C–N with tert-alkyl or cyclic N) is 1. The van der Waals surface area contributed by atoms with Crippen molar-refractivity contribution in [2.24, 2.45) is 0 Å². The highest BCUT2D eigenvalue weighted by molar-refractivity contribution is 5.94. The van der Waals surface area contributed by atoms with E-state index in [1.165, 1.54) is 29.2 Å². The highest BCUT2D eigenvalue weighted by Crippen LogP contribution is 2.40. The van der Waals surface area contributed by atoms with Crippen LogP contribution in [-0.4, -0.2) is 59.8 Å². The van der Waals surface area contributed by atoms with Crippen LogP contribution in [0.3, 0.4) is 0 Å². The first-order valence-corrected chi connectivity index (χ1v) is 7.52. The van der Waals surface area contributed by atoms with Crippen molar-refractivity contribution in [2.45, 2.75) is 43.1 Å². The van der Waals surface area contributed by atoms with Gasteiger partial charge in [-0.3, -0.25) is 4.79 Å². The molecule has 0 radical (unpaired) electrons. The molecule has 1 aromatic rings. The van der Waals surface area contributed by atoms with Crippen molar-refractivity contribution < 1.29 is 27.5 Å². The third-order valence-corrected chi connectivity index (χ3v) is 4.52. The summed E-state index contributed by atoms with van der Waals surface area (Å²) >= 11 is 0. The number of nitrogens with zero attached hydrogens (tertiary/aromatic N) is 1. The Morgan fingerprint density at radius 1 is 1.00 bits per heavy atom. The number of halogens is 4. The monoisotopic (exact) mass is 331 g/mol. The molecule has 1 heterocycles. The van der Waals surface area contributed by atoms with Crippen LogP contribution >= 0.6 is 0 Å². The summed E-state index contributed by atoms with van der Waals surface area (Å²) in [6.45, 7) is 0.491. The minimum absolute atomic E-state index is 0.134. The fourth-order valence-electron chi connectivity index (χ4n) is 3.12. The normalized spacial score (nSPS) is 35.0. The van der Waals surface area contributed by atoms with Crippen molar-refractivity contribution in [3.63, 3.8) is 0 Å². The Morgan fingerprint density at radius 3 is 2.00 bits per heavy atom. The van der Waals surface area contributed by atoms with Crippen molar-refractivity contribution in [3.05, 3.63) is 35.4 Å². The van der Waals surface area contributed by atoms with Gasteiger partial charge in [0.2, 0.25) is 0 Å². The molecule has 3 nitrogen and oxygen atoms in total. The number of aliphatic hydroxyl groups excluding tert-OH is 1.